The SMILES string of the molecule is CN(c1cc(C#N)ccn1)C1CCN(C(=O)OC(C)(C)C)C1. The number of likely N-dealkylation sites (N-methyl/N-ethyl adjacent to an activating group) is 1. The topological polar surface area (TPSA) is 69.5 Å². The first-order chi connectivity index (χ1) is 10.3. The number of ether oxygens (including phenoxy) is 1. The highest BCUT2D eigenvalue weighted by Gasteiger charge is 2.32. The fourth-order valence-electron chi connectivity index (χ4n) is 2.42. The predicted molar refractivity (Wildman–Crippen MR) is 83.6 cm³/mol. The van der Waals surface area contributed by atoms with Gasteiger partial charge in [-0.25, -0.2) is 9.78 Å². The molecule has 2 heterocycles. The molecular formula is C16H22N4O2. The van der Waals surface area contributed by atoms with Gasteiger partial charge in [-0.3, -0.25) is 0 Å². The normalized spacial score (nSPS) is 18.0. The van der Waals surface area contributed by atoms with Gasteiger partial charge in [0.25, 0.3) is 0 Å². The van der Waals surface area contributed by atoms with Crippen molar-refractivity contribution in [1.29, 1.82) is 5.26 Å². The fraction of sp³-hybridized carbons (Fsp3) is 0.562. The highest BCUT2D eigenvalue weighted by atomic mass is 16.6. The van der Waals surface area contributed by atoms with Gasteiger partial charge in [0.15, 0.2) is 0 Å². The molecule has 1 fully saturated rings. The molecular weight excluding hydrogens is 280 g/mol. The summed E-state index contributed by atoms with van der Waals surface area (Å²) < 4.78 is 5.40. The second-order valence-electron chi connectivity index (χ2n) is 6.49. The van der Waals surface area contributed by atoms with Crippen LogP contribution in [0.3, 0.4) is 0 Å². The predicted octanol–water partition coefficient (Wildman–Crippen LogP) is 2.40. The van der Waals surface area contributed by atoms with Gasteiger partial charge < -0.3 is 14.5 Å². The van der Waals surface area contributed by atoms with Crippen LogP contribution in [0.1, 0.15) is 32.8 Å². The largest absolute Gasteiger partial charge is 0.444 e. The minimum absolute atomic E-state index is 0.175. The molecule has 0 aliphatic carbocycles. The van der Waals surface area contributed by atoms with Crippen LogP contribution in [0.25, 0.3) is 0 Å². The third-order valence-electron chi connectivity index (χ3n) is 3.60. The van der Waals surface area contributed by atoms with Gasteiger partial charge in [0, 0.05) is 32.4 Å². The molecule has 1 unspecified atom stereocenters. The van der Waals surface area contributed by atoms with Crippen LogP contribution in [-0.2, 0) is 4.74 Å². The Morgan fingerprint density at radius 3 is 2.91 bits per heavy atom. The van der Waals surface area contributed by atoms with E-state index in [1.54, 1.807) is 23.2 Å². The van der Waals surface area contributed by atoms with E-state index in [0.717, 1.165) is 12.2 Å². The van der Waals surface area contributed by atoms with Gasteiger partial charge in [-0.1, -0.05) is 0 Å². The van der Waals surface area contributed by atoms with Gasteiger partial charge in [0.1, 0.15) is 11.4 Å². The number of hydrogen-bond donors (Lipinski definition) is 0. The number of amides is 1. The van der Waals surface area contributed by atoms with E-state index in [-0.39, 0.29) is 12.1 Å². The monoisotopic (exact) mass is 302 g/mol. The molecule has 1 aliphatic heterocycles. The van der Waals surface area contributed by atoms with Crippen LogP contribution in [-0.4, -0.2) is 47.8 Å². The van der Waals surface area contributed by atoms with Crippen LogP contribution in [0.4, 0.5) is 10.6 Å². The van der Waals surface area contributed by atoms with Crippen LogP contribution in [0.2, 0.25) is 0 Å². The van der Waals surface area contributed by atoms with Crippen LogP contribution in [0.15, 0.2) is 18.3 Å². The van der Waals surface area contributed by atoms with Gasteiger partial charge >= 0.3 is 6.09 Å². The zero-order valence-electron chi connectivity index (χ0n) is 13.5. The zero-order chi connectivity index (χ0) is 16.3. The molecule has 1 saturated heterocycles. The molecule has 1 aliphatic rings. The molecule has 0 aromatic carbocycles. The second-order valence-corrected chi connectivity index (χ2v) is 6.49. The molecule has 0 bridgehead atoms. The first-order valence-electron chi connectivity index (χ1n) is 7.37. The van der Waals surface area contributed by atoms with E-state index in [2.05, 4.69) is 11.1 Å². The van der Waals surface area contributed by atoms with Gasteiger partial charge in [-0.2, -0.15) is 5.26 Å². The van der Waals surface area contributed by atoms with Crippen molar-refractivity contribution < 1.29 is 9.53 Å². The summed E-state index contributed by atoms with van der Waals surface area (Å²) >= 11 is 0. The van der Waals surface area contributed by atoms with Gasteiger partial charge in [-0.05, 0) is 39.3 Å². The molecule has 2 rings (SSSR count). The Hall–Kier alpha value is -2.29. The van der Waals surface area contributed by atoms with Crippen molar-refractivity contribution in [2.45, 2.75) is 38.8 Å². The summed E-state index contributed by atoms with van der Waals surface area (Å²) in [6.45, 7) is 6.86. The maximum atomic E-state index is 12.1. The number of likely N-dealkylation sites (tertiary alicyclic amines) is 1. The smallest absolute Gasteiger partial charge is 0.410 e. The van der Waals surface area contributed by atoms with E-state index in [0.29, 0.717) is 18.7 Å². The van der Waals surface area contributed by atoms with Crippen LogP contribution >= 0.6 is 0 Å². The van der Waals surface area contributed by atoms with Gasteiger partial charge in [0.05, 0.1) is 11.6 Å². The lowest BCUT2D eigenvalue weighted by Gasteiger charge is -2.27. The number of nitriles is 1. The third-order valence-corrected chi connectivity index (χ3v) is 3.60. The Kier molecular flexibility index (Phi) is 4.55. The van der Waals surface area contributed by atoms with Crippen LogP contribution < -0.4 is 4.90 Å². The minimum atomic E-state index is -0.482. The van der Waals surface area contributed by atoms with Crippen LogP contribution in [0.5, 0.6) is 0 Å². The highest BCUT2D eigenvalue weighted by Crippen LogP contribution is 2.22. The number of hydrogen-bond acceptors (Lipinski definition) is 5. The van der Waals surface area contributed by atoms with E-state index < -0.39 is 5.60 Å². The quantitative estimate of drug-likeness (QED) is 0.839. The average Bonchev–Trinajstić information content (AvgIpc) is 2.94. The minimum Gasteiger partial charge on any atom is -0.444 e. The van der Waals surface area contributed by atoms with Crippen molar-refractivity contribution in [3.63, 3.8) is 0 Å². The molecule has 1 aromatic heterocycles. The summed E-state index contributed by atoms with van der Waals surface area (Å²) in [4.78, 5) is 20.1. The van der Waals surface area contributed by atoms with Crippen molar-refractivity contribution in [3.8, 4) is 6.07 Å². The molecule has 6 nitrogen and oxygen atoms in total. The maximum absolute atomic E-state index is 12.1. The molecule has 1 amide bonds. The highest BCUT2D eigenvalue weighted by molar-refractivity contribution is 5.68. The van der Waals surface area contributed by atoms with Crippen molar-refractivity contribution in [2.75, 3.05) is 25.0 Å². The van der Waals surface area contributed by atoms with Crippen molar-refractivity contribution in [3.05, 3.63) is 23.9 Å². The number of carbonyl (C=O) groups is 1. The molecule has 1 atom stereocenters. The molecule has 0 N–H and O–H groups in total. The molecule has 0 radical (unpaired) electrons. The first kappa shape index (κ1) is 16.1. The number of carbonyl (C=O) groups excluding carboxylic acids is 1. The summed E-state index contributed by atoms with van der Waals surface area (Å²) in [7, 11) is 1.94. The Morgan fingerprint density at radius 1 is 1.55 bits per heavy atom. The molecule has 0 spiro atoms. The summed E-state index contributed by atoms with van der Waals surface area (Å²) in [5.41, 5.74) is 0.0999. The van der Waals surface area contributed by atoms with Crippen molar-refractivity contribution in [1.82, 2.24) is 9.88 Å². The third kappa shape index (κ3) is 3.88. The van der Waals surface area contributed by atoms with Crippen molar-refractivity contribution >= 4 is 11.9 Å². The van der Waals surface area contributed by atoms with Gasteiger partial charge in [-0.15, -0.1) is 0 Å². The Labute approximate surface area is 131 Å². The van der Waals surface area contributed by atoms with E-state index in [9.17, 15) is 4.79 Å². The number of anilines is 1. The van der Waals surface area contributed by atoms with Crippen molar-refractivity contribution in [2.24, 2.45) is 0 Å². The zero-order valence-corrected chi connectivity index (χ0v) is 13.5. The summed E-state index contributed by atoms with van der Waals surface area (Å²) in [6.07, 6.45) is 2.21. The second kappa shape index (κ2) is 6.22. The first-order valence-corrected chi connectivity index (χ1v) is 7.37. The molecule has 118 valence electrons. The lowest BCUT2D eigenvalue weighted by atomic mass is 10.2. The van der Waals surface area contributed by atoms with E-state index in [1.165, 1.54) is 0 Å². The maximum Gasteiger partial charge on any atom is 0.410 e. The summed E-state index contributed by atoms with van der Waals surface area (Å²) in [6, 6.07) is 5.73. The number of nitrogens with zero attached hydrogens (tertiary/aromatic N) is 4. The standard InChI is InChI=1S/C16H22N4O2/c1-16(2,3)22-15(21)20-8-6-13(11-20)19(4)14-9-12(10-17)5-7-18-14/h5,7,9,13H,6,8,11H2,1-4H3. The number of rotatable bonds is 2. The molecule has 22 heavy (non-hydrogen) atoms. The lowest BCUT2D eigenvalue weighted by molar-refractivity contribution is 0.0292. The lowest BCUT2D eigenvalue weighted by Crippen LogP contribution is -2.39. The van der Waals surface area contributed by atoms with E-state index in [4.69, 9.17) is 10.00 Å². The fourth-order valence-corrected chi connectivity index (χ4v) is 2.42. The molecule has 1 aromatic rings. The summed E-state index contributed by atoms with van der Waals surface area (Å²) in [5, 5.41) is 8.97. The molecule has 0 saturated carbocycles. The Balaban J connectivity index is 2.00. The Bertz CT molecular complexity index is 589. The van der Waals surface area contributed by atoms with Gasteiger partial charge in [0.2, 0.25) is 0 Å². The number of aromatic nitrogens is 1. The van der Waals surface area contributed by atoms with E-state index in [1.807, 2.05) is 32.7 Å². The molecule has 6 heteroatoms. The van der Waals surface area contributed by atoms with Crippen LogP contribution in [0, 0.1) is 11.3 Å². The number of pyridine rings is 1. The summed E-state index contributed by atoms with van der Waals surface area (Å²) in [5.74, 6) is 0.745. The Morgan fingerprint density at radius 2 is 2.27 bits per heavy atom. The van der Waals surface area contributed by atoms with E-state index >= 15 is 0 Å². The average molecular weight is 302 g/mol.